The quantitative estimate of drug-likeness (QED) is 0.406. The molecule has 1 aromatic carbocycles. The van der Waals surface area contributed by atoms with E-state index in [1.807, 2.05) is 0 Å². The fraction of sp³-hybridized carbons (Fsp3) is 0.444. The van der Waals surface area contributed by atoms with Gasteiger partial charge in [0.2, 0.25) is 0 Å². The SMILES string of the molecule is COC(=O)C(C(=O)OC)[C@@H](C)[C@H](NC(=O)c1ccccc1C(F)(F)F)C(=O)OC. The minimum Gasteiger partial charge on any atom is -0.468 e. The van der Waals surface area contributed by atoms with Gasteiger partial charge in [-0.05, 0) is 12.1 Å². The van der Waals surface area contributed by atoms with Crippen LogP contribution in [0.5, 0.6) is 0 Å². The van der Waals surface area contributed by atoms with E-state index in [1.54, 1.807) is 0 Å². The van der Waals surface area contributed by atoms with Gasteiger partial charge < -0.3 is 19.5 Å². The second-order valence-corrected chi connectivity index (χ2v) is 5.90. The molecule has 0 saturated carbocycles. The molecule has 29 heavy (non-hydrogen) atoms. The minimum atomic E-state index is -4.82. The highest BCUT2D eigenvalue weighted by atomic mass is 19.4. The maximum atomic E-state index is 13.2. The molecule has 0 heterocycles. The standard InChI is InChI=1S/C18H20F3NO7/c1-9(12(15(24)27-2)16(25)28-3)13(17(26)29-4)22-14(23)10-7-5-6-8-11(10)18(19,20)21/h5-9,12-13H,1-4H3,(H,22,23)/t9-,13+/m1/s1. The van der Waals surface area contributed by atoms with Gasteiger partial charge in [0.25, 0.3) is 5.91 Å². The van der Waals surface area contributed by atoms with Crippen molar-refractivity contribution < 1.29 is 46.6 Å². The van der Waals surface area contributed by atoms with Gasteiger partial charge in [-0.15, -0.1) is 0 Å². The van der Waals surface area contributed by atoms with Gasteiger partial charge in [0, 0.05) is 5.92 Å². The predicted octanol–water partition coefficient (Wildman–Crippen LogP) is 1.58. The highest BCUT2D eigenvalue weighted by Gasteiger charge is 2.43. The molecule has 0 saturated heterocycles. The van der Waals surface area contributed by atoms with Gasteiger partial charge in [-0.2, -0.15) is 13.2 Å². The predicted molar refractivity (Wildman–Crippen MR) is 91.4 cm³/mol. The largest absolute Gasteiger partial charge is 0.468 e. The normalized spacial score (nSPS) is 13.2. The number of rotatable bonds is 7. The summed E-state index contributed by atoms with van der Waals surface area (Å²) in [6.07, 6.45) is -4.82. The van der Waals surface area contributed by atoms with E-state index in [9.17, 15) is 32.3 Å². The van der Waals surface area contributed by atoms with Gasteiger partial charge in [-0.1, -0.05) is 19.1 Å². The van der Waals surface area contributed by atoms with Gasteiger partial charge in [0.15, 0.2) is 5.92 Å². The first-order valence-corrected chi connectivity index (χ1v) is 8.20. The second kappa shape index (κ2) is 9.89. The number of amides is 1. The Kier molecular flexibility index (Phi) is 8.16. The summed E-state index contributed by atoms with van der Waals surface area (Å²) >= 11 is 0. The van der Waals surface area contributed by atoms with Crippen LogP contribution in [0.1, 0.15) is 22.8 Å². The Morgan fingerprint density at radius 1 is 0.897 bits per heavy atom. The first kappa shape index (κ1) is 23.9. The number of ether oxygens (including phenoxy) is 3. The Bertz CT molecular complexity index is 763. The third-order valence-corrected chi connectivity index (χ3v) is 4.18. The third-order valence-electron chi connectivity index (χ3n) is 4.18. The Balaban J connectivity index is 3.31. The van der Waals surface area contributed by atoms with E-state index in [1.165, 1.54) is 13.0 Å². The molecule has 0 bridgehead atoms. The first-order valence-electron chi connectivity index (χ1n) is 8.20. The molecule has 0 fully saturated rings. The molecule has 1 N–H and O–H groups in total. The highest BCUT2D eigenvalue weighted by Crippen LogP contribution is 2.32. The lowest BCUT2D eigenvalue weighted by Crippen LogP contribution is -2.51. The number of carbonyl (C=O) groups is 4. The molecule has 0 aromatic heterocycles. The summed E-state index contributed by atoms with van der Waals surface area (Å²) in [6.45, 7) is 1.25. The van der Waals surface area contributed by atoms with Crippen molar-refractivity contribution in [3.63, 3.8) is 0 Å². The maximum absolute atomic E-state index is 13.2. The van der Waals surface area contributed by atoms with Gasteiger partial charge in [0.05, 0.1) is 32.5 Å². The van der Waals surface area contributed by atoms with Crippen molar-refractivity contribution in [1.82, 2.24) is 5.32 Å². The Hall–Kier alpha value is -3.11. The number of nitrogens with one attached hydrogen (secondary N) is 1. The van der Waals surface area contributed by atoms with E-state index in [-0.39, 0.29) is 0 Å². The van der Waals surface area contributed by atoms with Crippen LogP contribution < -0.4 is 5.32 Å². The fourth-order valence-electron chi connectivity index (χ4n) is 2.65. The molecule has 1 aromatic rings. The van der Waals surface area contributed by atoms with Crippen molar-refractivity contribution in [2.75, 3.05) is 21.3 Å². The summed E-state index contributed by atoms with van der Waals surface area (Å²) in [6, 6.07) is 2.31. The fourth-order valence-corrected chi connectivity index (χ4v) is 2.65. The number of methoxy groups -OCH3 is 3. The highest BCUT2D eigenvalue weighted by molar-refractivity contribution is 5.99. The smallest absolute Gasteiger partial charge is 0.417 e. The van der Waals surface area contributed by atoms with E-state index in [0.29, 0.717) is 6.07 Å². The molecule has 1 rings (SSSR count). The molecule has 0 aliphatic heterocycles. The number of benzene rings is 1. The average Bonchev–Trinajstić information content (AvgIpc) is 2.70. The molecule has 0 radical (unpaired) electrons. The Morgan fingerprint density at radius 3 is 1.83 bits per heavy atom. The zero-order valence-electron chi connectivity index (χ0n) is 16.0. The van der Waals surface area contributed by atoms with Crippen LogP contribution in [-0.2, 0) is 34.8 Å². The molecule has 11 heteroatoms. The maximum Gasteiger partial charge on any atom is 0.417 e. The van der Waals surface area contributed by atoms with Crippen LogP contribution in [0.4, 0.5) is 13.2 Å². The number of hydrogen-bond donors (Lipinski definition) is 1. The number of carbonyl (C=O) groups excluding carboxylic acids is 4. The van der Waals surface area contributed by atoms with Crippen LogP contribution in [0, 0.1) is 11.8 Å². The van der Waals surface area contributed by atoms with Gasteiger partial charge in [-0.25, -0.2) is 4.79 Å². The van der Waals surface area contributed by atoms with Crippen LogP contribution in [-0.4, -0.2) is 51.2 Å². The van der Waals surface area contributed by atoms with Gasteiger partial charge in [0.1, 0.15) is 6.04 Å². The van der Waals surface area contributed by atoms with Crippen molar-refractivity contribution in [2.24, 2.45) is 11.8 Å². The van der Waals surface area contributed by atoms with E-state index >= 15 is 0 Å². The molecule has 0 spiro atoms. The molecule has 0 aliphatic carbocycles. The van der Waals surface area contributed by atoms with E-state index in [4.69, 9.17) is 0 Å². The topological polar surface area (TPSA) is 108 Å². The molecular weight excluding hydrogens is 399 g/mol. The van der Waals surface area contributed by atoms with Crippen molar-refractivity contribution in [3.05, 3.63) is 35.4 Å². The van der Waals surface area contributed by atoms with Crippen LogP contribution in [0.25, 0.3) is 0 Å². The van der Waals surface area contributed by atoms with E-state index in [2.05, 4.69) is 19.5 Å². The summed E-state index contributed by atoms with van der Waals surface area (Å²) < 4.78 is 53.1. The number of halogens is 3. The number of hydrogen-bond acceptors (Lipinski definition) is 7. The summed E-state index contributed by atoms with van der Waals surface area (Å²) in [5.41, 5.74) is -1.96. The van der Waals surface area contributed by atoms with Crippen LogP contribution in [0.15, 0.2) is 24.3 Å². The lowest BCUT2D eigenvalue weighted by atomic mass is 9.87. The third kappa shape index (κ3) is 5.69. The summed E-state index contributed by atoms with van der Waals surface area (Å²) in [7, 11) is 2.97. The van der Waals surface area contributed by atoms with Crippen molar-refractivity contribution in [1.29, 1.82) is 0 Å². The molecule has 0 unspecified atom stereocenters. The van der Waals surface area contributed by atoms with Crippen molar-refractivity contribution >= 4 is 23.8 Å². The molecule has 0 aliphatic rings. The Labute approximate surface area is 164 Å². The van der Waals surface area contributed by atoms with Gasteiger partial charge >= 0.3 is 24.1 Å². The molecular formula is C18H20F3NO7. The van der Waals surface area contributed by atoms with Crippen molar-refractivity contribution in [2.45, 2.75) is 19.1 Å². The molecule has 1 amide bonds. The molecule has 2 atom stereocenters. The summed E-state index contributed by atoms with van der Waals surface area (Å²) in [4.78, 5) is 48.6. The molecule has 160 valence electrons. The summed E-state index contributed by atoms with van der Waals surface area (Å²) in [5, 5.41) is 2.11. The minimum absolute atomic E-state index is 0.706. The number of alkyl halides is 3. The van der Waals surface area contributed by atoms with Crippen LogP contribution in [0.3, 0.4) is 0 Å². The number of esters is 3. The molecule has 8 nitrogen and oxygen atoms in total. The van der Waals surface area contributed by atoms with Crippen LogP contribution in [0.2, 0.25) is 0 Å². The average molecular weight is 419 g/mol. The van der Waals surface area contributed by atoms with E-state index < -0.39 is 59.0 Å². The first-order chi connectivity index (χ1) is 13.5. The zero-order valence-corrected chi connectivity index (χ0v) is 16.0. The van der Waals surface area contributed by atoms with E-state index in [0.717, 1.165) is 33.5 Å². The summed E-state index contributed by atoms with van der Waals surface area (Å²) in [5.74, 6) is -7.32. The second-order valence-electron chi connectivity index (χ2n) is 5.90. The van der Waals surface area contributed by atoms with Crippen molar-refractivity contribution in [3.8, 4) is 0 Å². The van der Waals surface area contributed by atoms with Crippen LogP contribution >= 0.6 is 0 Å². The van der Waals surface area contributed by atoms with Gasteiger partial charge in [-0.3, -0.25) is 14.4 Å². The lowest BCUT2D eigenvalue weighted by molar-refractivity contribution is -0.163. The zero-order chi connectivity index (χ0) is 22.4. The Morgan fingerprint density at radius 2 is 1.38 bits per heavy atom. The lowest BCUT2D eigenvalue weighted by Gasteiger charge is -2.27. The monoisotopic (exact) mass is 419 g/mol.